The number of aromatic nitrogens is 1. The van der Waals surface area contributed by atoms with Crippen molar-refractivity contribution in [2.45, 2.75) is 19.4 Å². The van der Waals surface area contributed by atoms with Crippen LogP contribution in [0.15, 0.2) is 30.5 Å². The van der Waals surface area contributed by atoms with Crippen molar-refractivity contribution in [3.63, 3.8) is 0 Å². The number of hydrogen-bond donors (Lipinski definition) is 1. The van der Waals surface area contributed by atoms with Crippen LogP contribution in [0.5, 0.6) is 0 Å². The first-order valence-corrected chi connectivity index (χ1v) is 9.83. The molecule has 1 aromatic carbocycles. The van der Waals surface area contributed by atoms with E-state index in [1.54, 1.807) is 4.31 Å². The molecule has 2 aromatic rings. The average Bonchev–Trinajstić information content (AvgIpc) is 3.05. The van der Waals surface area contributed by atoms with Crippen LogP contribution in [0, 0.1) is 11.3 Å². The Kier molecular flexibility index (Phi) is 5.19. The van der Waals surface area contributed by atoms with Gasteiger partial charge in [-0.15, -0.1) is 0 Å². The predicted octanol–water partition coefficient (Wildman–Crippen LogP) is 1.92. The molecule has 6 nitrogen and oxygen atoms in total. The Hall–Kier alpha value is -1.88. The second-order valence-corrected chi connectivity index (χ2v) is 8.20. The number of fused-ring (bicyclic) bond motifs is 1. The molecule has 0 atom stereocenters. The molecule has 0 spiro atoms. The average molecular weight is 346 g/mol. The molecule has 3 rings (SSSR count). The van der Waals surface area contributed by atoms with Crippen LogP contribution in [0.2, 0.25) is 0 Å². The summed E-state index contributed by atoms with van der Waals surface area (Å²) in [4.78, 5) is 5.57. The number of nitriles is 1. The molecule has 1 aromatic heterocycles. The van der Waals surface area contributed by atoms with E-state index in [1.165, 1.54) is 10.9 Å². The van der Waals surface area contributed by atoms with Crippen LogP contribution in [0.3, 0.4) is 0 Å². The first-order chi connectivity index (χ1) is 11.6. The Labute approximate surface area is 142 Å². The van der Waals surface area contributed by atoms with E-state index in [2.05, 4.69) is 34.1 Å². The van der Waals surface area contributed by atoms with E-state index in [0.29, 0.717) is 25.9 Å². The predicted molar refractivity (Wildman–Crippen MR) is 93.8 cm³/mol. The molecule has 0 radical (unpaired) electrons. The van der Waals surface area contributed by atoms with Gasteiger partial charge in [0.15, 0.2) is 0 Å². The van der Waals surface area contributed by atoms with Crippen LogP contribution in [-0.4, -0.2) is 54.5 Å². The quantitative estimate of drug-likeness (QED) is 0.811. The van der Waals surface area contributed by atoms with E-state index in [-0.39, 0.29) is 5.75 Å². The molecule has 128 valence electrons. The number of aromatic amines is 1. The zero-order valence-electron chi connectivity index (χ0n) is 13.6. The van der Waals surface area contributed by atoms with Crippen LogP contribution >= 0.6 is 0 Å². The van der Waals surface area contributed by atoms with Gasteiger partial charge in [-0.1, -0.05) is 18.2 Å². The molecule has 1 N–H and O–H groups in total. The number of rotatable bonds is 6. The zero-order chi connectivity index (χ0) is 17.0. The standard InChI is InChI=1S/C17H22N4O2S/c18-7-1-2-13-24(22,23)21-11-9-20(10-12-21)14-16-5-3-4-15-6-8-19-17(15)16/h3-6,8,19H,1-2,9-14H2. The number of unbranched alkanes of at least 4 members (excludes halogenated alkanes) is 1. The van der Waals surface area contributed by atoms with Crippen LogP contribution in [-0.2, 0) is 16.6 Å². The summed E-state index contributed by atoms with van der Waals surface area (Å²) >= 11 is 0. The number of piperazine rings is 1. The molecule has 1 fully saturated rings. The maximum absolute atomic E-state index is 12.3. The molecule has 1 aliphatic heterocycles. The number of benzene rings is 1. The van der Waals surface area contributed by atoms with Gasteiger partial charge < -0.3 is 4.98 Å². The highest BCUT2D eigenvalue weighted by Gasteiger charge is 2.26. The molecule has 1 aliphatic rings. The molecule has 0 saturated carbocycles. The third-order valence-corrected chi connectivity index (χ3v) is 6.44. The lowest BCUT2D eigenvalue weighted by Gasteiger charge is -2.34. The van der Waals surface area contributed by atoms with Crippen LogP contribution in [0.1, 0.15) is 18.4 Å². The SMILES string of the molecule is N#CCCCS(=O)(=O)N1CCN(Cc2cccc3cc[nH]c23)CC1. The number of nitrogens with one attached hydrogen (secondary N) is 1. The molecule has 24 heavy (non-hydrogen) atoms. The number of sulfonamides is 1. The van der Waals surface area contributed by atoms with Gasteiger partial charge in [0.2, 0.25) is 10.0 Å². The fraction of sp³-hybridized carbons (Fsp3) is 0.471. The summed E-state index contributed by atoms with van der Waals surface area (Å²) in [6.45, 7) is 3.33. The van der Waals surface area contributed by atoms with Crippen molar-refractivity contribution in [2.24, 2.45) is 0 Å². The second-order valence-electron chi connectivity index (χ2n) is 6.11. The van der Waals surface area contributed by atoms with Crippen LogP contribution in [0.4, 0.5) is 0 Å². The fourth-order valence-corrected chi connectivity index (χ4v) is 4.64. The second kappa shape index (κ2) is 7.34. The van der Waals surface area contributed by atoms with Gasteiger partial charge in [-0.25, -0.2) is 8.42 Å². The minimum absolute atomic E-state index is 0.0718. The van der Waals surface area contributed by atoms with Crippen LogP contribution in [0.25, 0.3) is 10.9 Å². The van der Waals surface area contributed by atoms with Crippen molar-refractivity contribution in [3.8, 4) is 6.07 Å². The van der Waals surface area contributed by atoms with Crippen molar-refractivity contribution < 1.29 is 8.42 Å². The van der Waals surface area contributed by atoms with Gasteiger partial charge in [0, 0.05) is 50.9 Å². The first kappa shape index (κ1) is 17.0. The third kappa shape index (κ3) is 3.78. The summed E-state index contributed by atoms with van der Waals surface area (Å²) in [5.41, 5.74) is 2.40. The van der Waals surface area contributed by atoms with Gasteiger partial charge >= 0.3 is 0 Å². The molecule has 0 unspecified atom stereocenters. The lowest BCUT2D eigenvalue weighted by molar-refractivity contribution is 0.182. The lowest BCUT2D eigenvalue weighted by Crippen LogP contribution is -2.48. The third-order valence-electron chi connectivity index (χ3n) is 4.48. The number of H-pyrrole nitrogens is 1. The Morgan fingerprint density at radius 3 is 2.71 bits per heavy atom. The number of para-hydroxylation sites is 1. The minimum atomic E-state index is -3.23. The van der Waals surface area contributed by atoms with E-state index in [0.717, 1.165) is 25.2 Å². The first-order valence-electron chi connectivity index (χ1n) is 8.22. The van der Waals surface area contributed by atoms with Gasteiger partial charge in [0.25, 0.3) is 0 Å². The summed E-state index contributed by atoms with van der Waals surface area (Å²) in [5.74, 6) is 0.0718. The van der Waals surface area contributed by atoms with E-state index in [4.69, 9.17) is 5.26 Å². The lowest BCUT2D eigenvalue weighted by atomic mass is 10.1. The topological polar surface area (TPSA) is 80.2 Å². The highest BCUT2D eigenvalue weighted by Crippen LogP contribution is 2.19. The van der Waals surface area contributed by atoms with Crippen molar-refractivity contribution in [2.75, 3.05) is 31.9 Å². The van der Waals surface area contributed by atoms with Gasteiger partial charge in [0.1, 0.15) is 0 Å². The van der Waals surface area contributed by atoms with Gasteiger partial charge in [-0.2, -0.15) is 9.57 Å². The maximum atomic E-state index is 12.3. The monoisotopic (exact) mass is 346 g/mol. The van der Waals surface area contributed by atoms with E-state index in [1.807, 2.05) is 12.3 Å². The Morgan fingerprint density at radius 1 is 1.17 bits per heavy atom. The molecule has 0 aliphatic carbocycles. The van der Waals surface area contributed by atoms with E-state index in [9.17, 15) is 8.42 Å². The van der Waals surface area contributed by atoms with Gasteiger partial charge in [-0.05, 0) is 23.4 Å². The molecule has 7 heteroatoms. The molecule has 1 saturated heterocycles. The van der Waals surface area contributed by atoms with Gasteiger partial charge in [0.05, 0.1) is 11.8 Å². The highest BCUT2D eigenvalue weighted by molar-refractivity contribution is 7.89. The molecule has 2 heterocycles. The van der Waals surface area contributed by atoms with E-state index >= 15 is 0 Å². The summed E-state index contributed by atoms with van der Waals surface area (Å²) in [6, 6.07) is 10.3. The molecule has 0 bridgehead atoms. The summed E-state index contributed by atoms with van der Waals surface area (Å²) in [5, 5.41) is 9.74. The minimum Gasteiger partial charge on any atom is -0.361 e. The molecular formula is C17H22N4O2S. The zero-order valence-corrected chi connectivity index (χ0v) is 14.4. The summed E-state index contributed by atoms with van der Waals surface area (Å²) in [7, 11) is -3.23. The smallest absolute Gasteiger partial charge is 0.214 e. The van der Waals surface area contributed by atoms with Crippen molar-refractivity contribution in [1.29, 1.82) is 5.26 Å². The molecule has 0 amide bonds. The maximum Gasteiger partial charge on any atom is 0.214 e. The Bertz CT molecular complexity index is 830. The molecular weight excluding hydrogens is 324 g/mol. The fourth-order valence-electron chi connectivity index (χ4n) is 3.15. The van der Waals surface area contributed by atoms with Crippen LogP contribution < -0.4 is 0 Å². The largest absolute Gasteiger partial charge is 0.361 e. The van der Waals surface area contributed by atoms with E-state index < -0.39 is 10.0 Å². The van der Waals surface area contributed by atoms with Crippen molar-refractivity contribution >= 4 is 20.9 Å². The summed E-state index contributed by atoms with van der Waals surface area (Å²) in [6.07, 6.45) is 2.65. The summed E-state index contributed by atoms with van der Waals surface area (Å²) < 4.78 is 26.1. The van der Waals surface area contributed by atoms with Gasteiger partial charge in [-0.3, -0.25) is 4.90 Å². The van der Waals surface area contributed by atoms with Crippen molar-refractivity contribution in [1.82, 2.24) is 14.2 Å². The Morgan fingerprint density at radius 2 is 1.96 bits per heavy atom. The highest BCUT2D eigenvalue weighted by atomic mass is 32.2. The number of hydrogen-bond acceptors (Lipinski definition) is 4. The number of nitrogens with zero attached hydrogens (tertiary/aromatic N) is 3. The van der Waals surface area contributed by atoms with Crippen molar-refractivity contribution in [3.05, 3.63) is 36.0 Å². The normalized spacial score (nSPS) is 17.1. The Balaban J connectivity index is 1.57.